The summed E-state index contributed by atoms with van der Waals surface area (Å²) in [7, 11) is 0. The Kier molecular flexibility index (Phi) is 3.48. The molecule has 0 saturated carbocycles. The molecule has 6 aliphatic heterocycles. The molecule has 3 nitrogen and oxygen atoms in total. The third-order valence-corrected chi connectivity index (χ3v) is 9.63. The van der Waals surface area contributed by atoms with Crippen LogP contribution in [0.15, 0.2) is 36.4 Å². The summed E-state index contributed by atoms with van der Waals surface area (Å²) >= 11 is 0. The quantitative estimate of drug-likeness (QED) is 0.491. The summed E-state index contributed by atoms with van der Waals surface area (Å²) in [6.07, 6.45) is 10.1. The maximum Gasteiger partial charge on any atom is 0.252 e. The summed E-state index contributed by atoms with van der Waals surface area (Å²) in [6, 6.07) is 14.4. The van der Waals surface area contributed by atoms with Crippen molar-refractivity contribution < 1.29 is 0 Å². The summed E-state index contributed by atoms with van der Waals surface area (Å²) < 4.78 is 0. The van der Waals surface area contributed by atoms with Crippen molar-refractivity contribution in [3.05, 3.63) is 58.7 Å². The molecule has 0 atom stereocenters. The number of nitrogens with zero attached hydrogens (tertiary/aromatic N) is 3. The van der Waals surface area contributed by atoms with Gasteiger partial charge < -0.3 is 14.7 Å². The molecule has 34 heavy (non-hydrogen) atoms. The molecule has 6 heterocycles. The maximum absolute atomic E-state index is 2.79. The molecule has 6 aliphatic rings. The van der Waals surface area contributed by atoms with Crippen LogP contribution in [0.1, 0.15) is 47.9 Å². The van der Waals surface area contributed by atoms with E-state index in [9.17, 15) is 0 Å². The van der Waals surface area contributed by atoms with Crippen molar-refractivity contribution in [3.8, 4) is 0 Å². The number of para-hydroxylation sites is 2. The highest BCUT2D eigenvalue weighted by molar-refractivity contribution is 7.00. The fourth-order valence-electron chi connectivity index (χ4n) is 8.57. The lowest BCUT2D eigenvalue weighted by atomic mass is 9.32. The summed E-state index contributed by atoms with van der Waals surface area (Å²) in [5.41, 5.74) is 19.3. The van der Waals surface area contributed by atoms with Crippen LogP contribution in [0.3, 0.4) is 0 Å². The van der Waals surface area contributed by atoms with E-state index >= 15 is 0 Å². The summed E-state index contributed by atoms with van der Waals surface area (Å²) in [6.45, 7) is 5.21. The van der Waals surface area contributed by atoms with Gasteiger partial charge in [0.15, 0.2) is 0 Å². The van der Waals surface area contributed by atoms with Crippen molar-refractivity contribution in [2.24, 2.45) is 0 Å². The molecule has 0 saturated heterocycles. The molecule has 0 bridgehead atoms. The van der Waals surface area contributed by atoms with Crippen LogP contribution >= 0.6 is 0 Å². The molecular weight excluding hydrogens is 413 g/mol. The van der Waals surface area contributed by atoms with E-state index in [0.29, 0.717) is 6.71 Å². The third-order valence-electron chi connectivity index (χ3n) is 9.63. The lowest BCUT2D eigenvalue weighted by Crippen LogP contribution is -2.64. The molecule has 0 spiro atoms. The van der Waals surface area contributed by atoms with Crippen LogP contribution in [0.2, 0.25) is 0 Å². The average molecular weight is 443 g/mol. The van der Waals surface area contributed by atoms with Gasteiger partial charge in [-0.1, -0.05) is 36.4 Å². The van der Waals surface area contributed by atoms with E-state index in [2.05, 4.69) is 51.1 Å². The van der Waals surface area contributed by atoms with E-state index in [4.69, 9.17) is 0 Å². The molecule has 0 unspecified atom stereocenters. The van der Waals surface area contributed by atoms with Gasteiger partial charge in [-0.25, -0.2) is 0 Å². The van der Waals surface area contributed by atoms with Crippen LogP contribution in [0.25, 0.3) is 0 Å². The van der Waals surface area contributed by atoms with Crippen molar-refractivity contribution in [1.29, 1.82) is 0 Å². The largest absolute Gasteiger partial charge is 0.371 e. The lowest BCUT2D eigenvalue weighted by Gasteiger charge is -2.51. The van der Waals surface area contributed by atoms with Crippen LogP contribution in [-0.2, 0) is 25.7 Å². The highest BCUT2D eigenvalue weighted by Gasteiger charge is 2.48. The molecule has 0 N–H and O–H groups in total. The number of fused-ring (bicyclic) bond motifs is 6. The fourth-order valence-corrected chi connectivity index (χ4v) is 8.57. The van der Waals surface area contributed by atoms with Gasteiger partial charge in [0, 0.05) is 54.6 Å². The summed E-state index contributed by atoms with van der Waals surface area (Å²) in [5.74, 6) is 0. The van der Waals surface area contributed by atoms with Gasteiger partial charge >= 0.3 is 0 Å². The zero-order valence-corrected chi connectivity index (χ0v) is 19.9. The third kappa shape index (κ3) is 2.08. The standard InChI is InChI=1S/C30H30BN3/c1-7-19-9-3-17-33-26(19)23(13-1)31-24-14-2-8-20-10-4-18-34(27(20)24)30-22-12-6-16-32-15-5-11-21(28(22)32)29(33)25(30)31/h1-2,7-8,13-14H,3-6,9-12,15-18H2. The van der Waals surface area contributed by atoms with E-state index in [-0.39, 0.29) is 0 Å². The van der Waals surface area contributed by atoms with Gasteiger partial charge in [0.05, 0.1) is 0 Å². The second kappa shape index (κ2) is 6.41. The van der Waals surface area contributed by atoms with E-state index in [1.807, 2.05) is 0 Å². The highest BCUT2D eigenvalue weighted by Crippen LogP contribution is 2.51. The Morgan fingerprint density at radius 1 is 0.529 bits per heavy atom. The smallest absolute Gasteiger partial charge is 0.252 e. The first-order valence-electron chi connectivity index (χ1n) is 13.7. The van der Waals surface area contributed by atoms with Crippen molar-refractivity contribution >= 4 is 51.5 Å². The molecule has 168 valence electrons. The van der Waals surface area contributed by atoms with Crippen LogP contribution in [0.5, 0.6) is 0 Å². The zero-order chi connectivity index (χ0) is 22.0. The molecule has 0 radical (unpaired) electrons. The molecule has 3 aromatic carbocycles. The van der Waals surface area contributed by atoms with Crippen molar-refractivity contribution in [1.82, 2.24) is 0 Å². The number of hydrogen-bond donors (Lipinski definition) is 0. The van der Waals surface area contributed by atoms with Gasteiger partial charge in [-0.3, -0.25) is 0 Å². The van der Waals surface area contributed by atoms with Gasteiger partial charge in [0.25, 0.3) is 6.71 Å². The monoisotopic (exact) mass is 443 g/mol. The fraction of sp³-hybridized carbons (Fsp3) is 0.400. The SMILES string of the molecule is c1cc2c3c(c1)B1c4cccc5c4N(CCC5)c4c5c6c(c(c41)N3CCC2)CCCN6CCC5. The average Bonchev–Trinajstić information content (AvgIpc) is 2.89. The first-order valence-corrected chi connectivity index (χ1v) is 13.7. The molecule has 0 aromatic heterocycles. The second-order valence-corrected chi connectivity index (χ2v) is 11.3. The van der Waals surface area contributed by atoms with Gasteiger partial charge in [0.2, 0.25) is 0 Å². The first-order chi connectivity index (χ1) is 16.9. The number of hydrogen-bond acceptors (Lipinski definition) is 3. The predicted octanol–water partition coefficient (Wildman–Crippen LogP) is 3.70. The minimum atomic E-state index is 0.387. The topological polar surface area (TPSA) is 9.72 Å². The van der Waals surface area contributed by atoms with E-state index in [1.54, 1.807) is 67.1 Å². The Labute approximate surface area is 202 Å². The van der Waals surface area contributed by atoms with Gasteiger partial charge in [-0.15, -0.1) is 0 Å². The number of anilines is 5. The number of aryl methyl sites for hydroxylation is 2. The highest BCUT2D eigenvalue weighted by atomic mass is 15.2. The zero-order valence-electron chi connectivity index (χ0n) is 19.9. The van der Waals surface area contributed by atoms with E-state index in [1.165, 1.54) is 77.5 Å². The number of benzene rings is 3. The Morgan fingerprint density at radius 3 is 1.62 bits per heavy atom. The van der Waals surface area contributed by atoms with Crippen LogP contribution in [0.4, 0.5) is 28.4 Å². The molecule has 0 amide bonds. The second-order valence-electron chi connectivity index (χ2n) is 11.3. The van der Waals surface area contributed by atoms with Crippen LogP contribution < -0.4 is 31.1 Å². The molecule has 3 aromatic rings. The van der Waals surface area contributed by atoms with Crippen LogP contribution in [-0.4, -0.2) is 32.9 Å². The molecule has 0 aliphatic carbocycles. The predicted molar refractivity (Wildman–Crippen MR) is 143 cm³/mol. The summed E-state index contributed by atoms with van der Waals surface area (Å²) in [4.78, 5) is 8.34. The Bertz CT molecular complexity index is 1310. The first kappa shape index (κ1) is 18.5. The summed E-state index contributed by atoms with van der Waals surface area (Å²) in [5, 5.41) is 0. The van der Waals surface area contributed by atoms with Crippen molar-refractivity contribution in [2.75, 3.05) is 40.9 Å². The van der Waals surface area contributed by atoms with Gasteiger partial charge in [-0.2, -0.15) is 0 Å². The minimum Gasteiger partial charge on any atom is -0.371 e. The molecular formula is C30H30BN3. The lowest BCUT2D eigenvalue weighted by molar-refractivity contribution is 0.631. The Balaban J connectivity index is 1.48. The van der Waals surface area contributed by atoms with Crippen LogP contribution in [0, 0.1) is 0 Å². The van der Waals surface area contributed by atoms with Crippen molar-refractivity contribution in [2.45, 2.75) is 51.4 Å². The van der Waals surface area contributed by atoms with Gasteiger partial charge in [0.1, 0.15) is 0 Å². The van der Waals surface area contributed by atoms with E-state index in [0.717, 1.165) is 0 Å². The minimum absolute atomic E-state index is 0.387. The molecule has 0 fully saturated rings. The molecule has 9 rings (SSSR count). The molecule has 4 heteroatoms. The van der Waals surface area contributed by atoms with Crippen molar-refractivity contribution in [3.63, 3.8) is 0 Å². The number of rotatable bonds is 0. The Morgan fingerprint density at radius 2 is 1.06 bits per heavy atom. The normalized spacial score (nSPS) is 20.5. The van der Waals surface area contributed by atoms with E-state index < -0.39 is 0 Å². The maximum atomic E-state index is 2.79. The van der Waals surface area contributed by atoms with Gasteiger partial charge in [-0.05, 0) is 90.0 Å². The Hall–Kier alpha value is -2.88.